The summed E-state index contributed by atoms with van der Waals surface area (Å²) in [7, 11) is 0. The van der Waals surface area contributed by atoms with Crippen LogP contribution in [0.4, 0.5) is 0 Å². The van der Waals surface area contributed by atoms with Crippen LogP contribution < -0.4 is 11.1 Å². The fraction of sp³-hybridized carbons (Fsp3) is 0.471. The van der Waals surface area contributed by atoms with Crippen LogP contribution in [-0.4, -0.2) is 33.0 Å². The number of nitrogens with two attached hydrogens (primary N) is 1. The van der Waals surface area contributed by atoms with Gasteiger partial charge >= 0.3 is 0 Å². The highest BCUT2D eigenvalue weighted by Gasteiger charge is 2.24. The van der Waals surface area contributed by atoms with Gasteiger partial charge in [-0.2, -0.15) is 0 Å². The van der Waals surface area contributed by atoms with Gasteiger partial charge in [-0.1, -0.05) is 29.8 Å². The molecule has 2 aromatic rings. The van der Waals surface area contributed by atoms with Crippen molar-refractivity contribution in [2.24, 2.45) is 5.73 Å². The second-order valence-electron chi connectivity index (χ2n) is 6.22. The van der Waals surface area contributed by atoms with Crippen LogP contribution in [0.25, 0.3) is 5.69 Å². The van der Waals surface area contributed by atoms with Gasteiger partial charge in [0.2, 0.25) is 0 Å². The Bertz CT molecular complexity index is 722. The first-order chi connectivity index (χ1) is 11.6. The molecule has 24 heavy (non-hydrogen) atoms. The molecule has 1 aromatic heterocycles. The zero-order chi connectivity index (χ0) is 17.1. The molecule has 1 aromatic carbocycles. The second kappa shape index (κ2) is 7.32. The Kier molecular flexibility index (Phi) is 5.16. The van der Waals surface area contributed by atoms with E-state index in [9.17, 15) is 4.79 Å². The number of halogens is 1. The van der Waals surface area contributed by atoms with Crippen LogP contribution in [0.2, 0.25) is 5.02 Å². The van der Waals surface area contributed by atoms with E-state index in [0.717, 1.165) is 37.1 Å². The van der Waals surface area contributed by atoms with E-state index in [1.807, 2.05) is 19.1 Å². The number of hydrogen-bond donors (Lipinski definition) is 2. The number of hydrogen-bond acceptors (Lipinski definition) is 4. The van der Waals surface area contributed by atoms with Crippen molar-refractivity contribution in [3.8, 4) is 5.69 Å². The molecule has 1 aliphatic carbocycles. The largest absolute Gasteiger partial charge is 0.348 e. The van der Waals surface area contributed by atoms with Gasteiger partial charge < -0.3 is 11.1 Å². The van der Waals surface area contributed by atoms with Gasteiger partial charge in [-0.15, -0.1) is 5.10 Å². The molecule has 0 radical (unpaired) electrons. The van der Waals surface area contributed by atoms with Gasteiger partial charge in [-0.25, -0.2) is 4.68 Å². The molecule has 1 saturated carbocycles. The summed E-state index contributed by atoms with van der Waals surface area (Å²) in [5, 5.41) is 11.9. The Balaban J connectivity index is 1.80. The molecule has 128 valence electrons. The summed E-state index contributed by atoms with van der Waals surface area (Å²) in [5.74, 6) is -0.166. The van der Waals surface area contributed by atoms with Crippen molar-refractivity contribution < 1.29 is 4.79 Å². The summed E-state index contributed by atoms with van der Waals surface area (Å²) >= 11 is 6.05. The van der Waals surface area contributed by atoms with Crippen molar-refractivity contribution in [1.82, 2.24) is 20.3 Å². The quantitative estimate of drug-likeness (QED) is 0.889. The lowest BCUT2D eigenvalue weighted by molar-refractivity contribution is 0.0919. The van der Waals surface area contributed by atoms with Crippen LogP contribution in [0.1, 0.15) is 48.8 Å². The van der Waals surface area contributed by atoms with E-state index in [4.69, 9.17) is 17.3 Å². The minimum absolute atomic E-state index is 0.165. The van der Waals surface area contributed by atoms with Crippen LogP contribution >= 0.6 is 11.6 Å². The Morgan fingerprint density at radius 2 is 2.12 bits per heavy atom. The third-order valence-electron chi connectivity index (χ3n) is 4.47. The summed E-state index contributed by atoms with van der Waals surface area (Å²) in [5.41, 5.74) is 7.88. The molecule has 0 bridgehead atoms. The number of nitrogens with zero attached hydrogens (tertiary/aromatic N) is 3. The van der Waals surface area contributed by atoms with Gasteiger partial charge in [0.15, 0.2) is 5.69 Å². The Labute approximate surface area is 146 Å². The lowest BCUT2D eigenvalue weighted by atomic mass is 9.92. The summed E-state index contributed by atoms with van der Waals surface area (Å²) in [6, 6.07) is 7.77. The Morgan fingerprint density at radius 3 is 2.79 bits per heavy atom. The average Bonchev–Trinajstić information content (AvgIpc) is 3.01. The van der Waals surface area contributed by atoms with Crippen molar-refractivity contribution in [2.75, 3.05) is 0 Å². The van der Waals surface area contributed by atoms with Crippen molar-refractivity contribution in [3.05, 3.63) is 40.7 Å². The maximum atomic E-state index is 12.6. The lowest BCUT2D eigenvalue weighted by Crippen LogP contribution is -2.40. The maximum Gasteiger partial charge on any atom is 0.273 e. The van der Waals surface area contributed by atoms with Gasteiger partial charge in [0.05, 0.1) is 11.4 Å². The molecule has 1 aliphatic rings. The number of carbonyl (C=O) groups is 1. The number of amides is 1. The first-order valence-electron chi connectivity index (χ1n) is 8.35. The van der Waals surface area contributed by atoms with Crippen LogP contribution in [0.15, 0.2) is 24.3 Å². The third-order valence-corrected chi connectivity index (χ3v) is 4.71. The van der Waals surface area contributed by atoms with E-state index in [1.165, 1.54) is 0 Å². The highest BCUT2D eigenvalue weighted by molar-refractivity contribution is 6.30. The summed E-state index contributed by atoms with van der Waals surface area (Å²) in [6.45, 7) is 1.98. The number of nitrogens with one attached hydrogen (secondary N) is 1. The fourth-order valence-corrected chi connectivity index (χ4v) is 3.31. The highest BCUT2D eigenvalue weighted by atomic mass is 35.5. The highest BCUT2D eigenvalue weighted by Crippen LogP contribution is 2.20. The molecular weight excluding hydrogens is 326 g/mol. The SMILES string of the molecule is CCc1c(C(=O)NC2CCC(N)CC2)nnn1-c1cccc(Cl)c1. The summed E-state index contributed by atoms with van der Waals surface area (Å²) in [6.07, 6.45) is 4.37. The minimum atomic E-state index is -0.166. The van der Waals surface area contributed by atoms with Gasteiger partial charge in [0, 0.05) is 17.1 Å². The fourth-order valence-electron chi connectivity index (χ4n) is 3.13. The lowest BCUT2D eigenvalue weighted by Gasteiger charge is -2.26. The van der Waals surface area contributed by atoms with Crippen LogP contribution in [-0.2, 0) is 6.42 Å². The molecule has 1 fully saturated rings. The zero-order valence-electron chi connectivity index (χ0n) is 13.7. The zero-order valence-corrected chi connectivity index (χ0v) is 14.5. The normalized spacial score (nSPS) is 20.8. The van der Waals surface area contributed by atoms with Gasteiger partial charge in [-0.05, 0) is 50.3 Å². The molecule has 0 spiro atoms. The molecule has 1 heterocycles. The predicted molar refractivity (Wildman–Crippen MR) is 93.4 cm³/mol. The second-order valence-corrected chi connectivity index (χ2v) is 6.65. The summed E-state index contributed by atoms with van der Waals surface area (Å²) < 4.78 is 1.68. The van der Waals surface area contributed by atoms with E-state index in [1.54, 1.807) is 16.8 Å². The molecule has 3 rings (SSSR count). The van der Waals surface area contributed by atoms with Crippen LogP contribution in [0.3, 0.4) is 0 Å². The standard InChI is InChI=1S/C17H22ClN5O/c1-2-15-16(17(24)20-13-8-6-12(19)7-9-13)21-22-23(15)14-5-3-4-11(18)10-14/h3-5,10,12-13H,2,6-9,19H2,1H3,(H,20,24). The molecule has 6 nitrogen and oxygen atoms in total. The molecule has 7 heteroatoms. The topological polar surface area (TPSA) is 85.8 Å². The molecule has 0 saturated heterocycles. The first kappa shape index (κ1) is 16.9. The Morgan fingerprint density at radius 1 is 1.38 bits per heavy atom. The van der Waals surface area contributed by atoms with Crippen molar-refractivity contribution in [1.29, 1.82) is 0 Å². The van der Waals surface area contributed by atoms with Crippen molar-refractivity contribution in [2.45, 2.75) is 51.1 Å². The van der Waals surface area contributed by atoms with E-state index in [-0.39, 0.29) is 18.0 Å². The van der Waals surface area contributed by atoms with Crippen molar-refractivity contribution in [3.63, 3.8) is 0 Å². The van der Waals surface area contributed by atoms with E-state index in [0.29, 0.717) is 17.1 Å². The number of carbonyl (C=O) groups excluding carboxylic acids is 1. The molecule has 0 aliphatic heterocycles. The Hall–Kier alpha value is -1.92. The molecule has 0 atom stereocenters. The molecular formula is C17H22ClN5O. The van der Waals surface area contributed by atoms with Crippen LogP contribution in [0.5, 0.6) is 0 Å². The number of aromatic nitrogens is 3. The first-order valence-corrected chi connectivity index (χ1v) is 8.73. The number of benzene rings is 1. The monoisotopic (exact) mass is 347 g/mol. The maximum absolute atomic E-state index is 12.6. The summed E-state index contributed by atoms with van der Waals surface area (Å²) in [4.78, 5) is 12.6. The van der Waals surface area contributed by atoms with Gasteiger partial charge in [0.1, 0.15) is 0 Å². The molecule has 3 N–H and O–H groups in total. The number of rotatable bonds is 4. The average molecular weight is 348 g/mol. The molecule has 1 amide bonds. The predicted octanol–water partition coefficient (Wildman–Crippen LogP) is 2.48. The van der Waals surface area contributed by atoms with Crippen molar-refractivity contribution >= 4 is 17.5 Å². The van der Waals surface area contributed by atoms with E-state index >= 15 is 0 Å². The van der Waals surface area contributed by atoms with Gasteiger partial charge in [0.25, 0.3) is 5.91 Å². The molecule has 0 unspecified atom stereocenters. The third kappa shape index (κ3) is 3.60. The van der Waals surface area contributed by atoms with E-state index in [2.05, 4.69) is 15.6 Å². The minimum Gasteiger partial charge on any atom is -0.348 e. The van der Waals surface area contributed by atoms with E-state index < -0.39 is 0 Å². The smallest absolute Gasteiger partial charge is 0.273 e. The van der Waals surface area contributed by atoms with Gasteiger partial charge in [-0.3, -0.25) is 4.79 Å². The van der Waals surface area contributed by atoms with Crippen LogP contribution in [0, 0.1) is 0 Å².